The van der Waals surface area contributed by atoms with E-state index in [9.17, 15) is 9.59 Å². The molecule has 1 fully saturated rings. The summed E-state index contributed by atoms with van der Waals surface area (Å²) in [6.07, 6.45) is 0. The molecule has 4 rings (SSSR count). The molecule has 164 valence electrons. The van der Waals surface area contributed by atoms with Gasteiger partial charge in [-0.15, -0.1) is 11.3 Å². The van der Waals surface area contributed by atoms with Crippen molar-refractivity contribution in [2.45, 2.75) is 26.8 Å². The van der Waals surface area contributed by atoms with Gasteiger partial charge in [-0.25, -0.2) is 9.78 Å². The zero-order valence-electron chi connectivity index (χ0n) is 17.8. The molecule has 0 aliphatic carbocycles. The zero-order valence-corrected chi connectivity index (χ0v) is 19.3. The number of halogens is 1. The lowest BCUT2D eigenvalue weighted by Crippen LogP contribution is -2.47. The minimum Gasteiger partial charge on any atom is -0.462 e. The van der Waals surface area contributed by atoms with E-state index in [1.54, 1.807) is 13.8 Å². The molecular weight excluding hydrogens is 436 g/mol. The van der Waals surface area contributed by atoms with Crippen LogP contribution >= 0.6 is 22.9 Å². The van der Waals surface area contributed by atoms with E-state index < -0.39 is 5.97 Å². The molecule has 9 heteroatoms. The quantitative estimate of drug-likeness (QED) is 0.579. The van der Waals surface area contributed by atoms with E-state index in [1.165, 1.54) is 11.3 Å². The number of hydrogen-bond acceptors (Lipinski definition) is 7. The molecule has 1 aliphatic rings. The van der Waals surface area contributed by atoms with E-state index in [0.29, 0.717) is 33.1 Å². The third-order valence-corrected chi connectivity index (χ3v) is 7.22. The lowest BCUT2D eigenvalue weighted by molar-refractivity contribution is 0.0531. The van der Waals surface area contributed by atoms with Crippen molar-refractivity contribution in [3.05, 3.63) is 55.9 Å². The fourth-order valence-corrected chi connectivity index (χ4v) is 5.32. The van der Waals surface area contributed by atoms with E-state index in [4.69, 9.17) is 21.3 Å². The standard InChI is InChI=1S/C22H25ClN4O3S/c1-4-30-22(29)18-13(2)17-20(28)24-19(25-21(17)31-18)14(3)26-9-11-27(12-10-26)16-8-6-5-7-15(16)23/h5-8,14H,4,9-12H2,1-3H3,(H,24,25,28). The molecule has 7 nitrogen and oxygen atoms in total. The normalized spacial score (nSPS) is 15.9. The van der Waals surface area contributed by atoms with E-state index in [1.807, 2.05) is 31.2 Å². The molecule has 3 aromatic rings. The predicted molar refractivity (Wildman–Crippen MR) is 125 cm³/mol. The Labute approximate surface area is 189 Å². The van der Waals surface area contributed by atoms with Crippen LogP contribution in [0.15, 0.2) is 29.1 Å². The summed E-state index contributed by atoms with van der Waals surface area (Å²) >= 11 is 7.56. The molecule has 0 amide bonds. The van der Waals surface area contributed by atoms with Gasteiger partial charge in [0.25, 0.3) is 5.56 Å². The maximum absolute atomic E-state index is 12.8. The van der Waals surface area contributed by atoms with Crippen molar-refractivity contribution in [1.82, 2.24) is 14.9 Å². The number of para-hydroxylation sites is 1. The van der Waals surface area contributed by atoms with Crippen LogP contribution in [-0.2, 0) is 4.74 Å². The number of rotatable bonds is 5. The minimum absolute atomic E-state index is 0.0565. The SMILES string of the molecule is CCOC(=O)c1sc2nc(C(C)N3CCN(c4ccccc4Cl)CC3)[nH]c(=O)c2c1C. The molecule has 1 unspecified atom stereocenters. The first-order chi connectivity index (χ1) is 14.9. The van der Waals surface area contributed by atoms with Crippen LogP contribution in [0.3, 0.4) is 0 Å². The molecule has 1 aliphatic heterocycles. The number of piperazine rings is 1. The van der Waals surface area contributed by atoms with Gasteiger partial charge < -0.3 is 14.6 Å². The number of thiophene rings is 1. The van der Waals surface area contributed by atoms with Gasteiger partial charge in [0, 0.05) is 26.2 Å². The molecule has 0 spiro atoms. The first-order valence-corrected chi connectivity index (χ1v) is 11.5. The van der Waals surface area contributed by atoms with E-state index in [2.05, 4.69) is 14.8 Å². The molecular formula is C22H25ClN4O3S. The van der Waals surface area contributed by atoms with Gasteiger partial charge in [-0.3, -0.25) is 9.69 Å². The second-order valence-corrected chi connectivity index (χ2v) is 8.96. The van der Waals surface area contributed by atoms with Gasteiger partial charge in [0.2, 0.25) is 0 Å². The van der Waals surface area contributed by atoms with Crippen LogP contribution in [0.5, 0.6) is 0 Å². The first-order valence-electron chi connectivity index (χ1n) is 10.3. The highest BCUT2D eigenvalue weighted by Gasteiger charge is 2.26. The van der Waals surface area contributed by atoms with Crippen molar-refractivity contribution in [2.24, 2.45) is 0 Å². The summed E-state index contributed by atoms with van der Waals surface area (Å²) in [5.41, 5.74) is 1.45. The van der Waals surface area contributed by atoms with E-state index in [0.717, 1.165) is 36.9 Å². The number of benzene rings is 1. The number of carbonyl (C=O) groups excluding carboxylic acids is 1. The van der Waals surface area contributed by atoms with Crippen molar-refractivity contribution in [3.63, 3.8) is 0 Å². The Balaban J connectivity index is 1.54. The molecule has 1 saturated heterocycles. The zero-order chi connectivity index (χ0) is 22.1. The Morgan fingerprint density at radius 1 is 1.29 bits per heavy atom. The molecule has 3 heterocycles. The van der Waals surface area contributed by atoms with Crippen LogP contribution in [0.4, 0.5) is 5.69 Å². The Morgan fingerprint density at radius 3 is 2.68 bits per heavy atom. The topological polar surface area (TPSA) is 78.5 Å². The number of hydrogen-bond donors (Lipinski definition) is 1. The molecule has 2 aromatic heterocycles. The number of aromatic nitrogens is 2. The number of fused-ring (bicyclic) bond motifs is 1. The van der Waals surface area contributed by atoms with Gasteiger partial charge >= 0.3 is 5.97 Å². The summed E-state index contributed by atoms with van der Waals surface area (Å²) in [6, 6.07) is 7.81. The van der Waals surface area contributed by atoms with Gasteiger partial charge in [-0.1, -0.05) is 23.7 Å². The Kier molecular flexibility index (Phi) is 6.31. The average molecular weight is 461 g/mol. The van der Waals surface area contributed by atoms with Gasteiger partial charge in [0.15, 0.2) is 0 Å². The van der Waals surface area contributed by atoms with Gasteiger partial charge in [0.1, 0.15) is 15.5 Å². The molecule has 0 bridgehead atoms. The highest BCUT2D eigenvalue weighted by molar-refractivity contribution is 7.20. The third kappa shape index (κ3) is 4.20. The third-order valence-electron chi connectivity index (χ3n) is 5.73. The molecule has 1 atom stereocenters. The van der Waals surface area contributed by atoms with Crippen molar-refractivity contribution >= 4 is 44.8 Å². The lowest BCUT2D eigenvalue weighted by atomic mass is 10.2. The second kappa shape index (κ2) is 8.98. The minimum atomic E-state index is -0.410. The van der Waals surface area contributed by atoms with Crippen LogP contribution in [0.25, 0.3) is 10.2 Å². The number of H-pyrrole nitrogens is 1. The number of aromatic amines is 1. The number of aryl methyl sites for hydroxylation is 1. The summed E-state index contributed by atoms with van der Waals surface area (Å²) in [4.78, 5) is 38.2. The number of anilines is 1. The summed E-state index contributed by atoms with van der Waals surface area (Å²) in [7, 11) is 0. The van der Waals surface area contributed by atoms with Crippen LogP contribution in [-0.4, -0.2) is 53.6 Å². The number of carbonyl (C=O) groups is 1. The van der Waals surface area contributed by atoms with Crippen LogP contribution in [0.2, 0.25) is 5.02 Å². The second-order valence-electron chi connectivity index (χ2n) is 7.56. The Morgan fingerprint density at radius 2 is 2.00 bits per heavy atom. The number of nitrogens with one attached hydrogen (secondary N) is 1. The van der Waals surface area contributed by atoms with Crippen LogP contribution in [0.1, 0.15) is 40.9 Å². The van der Waals surface area contributed by atoms with Crippen LogP contribution < -0.4 is 10.5 Å². The van der Waals surface area contributed by atoms with Crippen molar-refractivity contribution < 1.29 is 9.53 Å². The van der Waals surface area contributed by atoms with E-state index >= 15 is 0 Å². The smallest absolute Gasteiger partial charge is 0.348 e. The monoisotopic (exact) mass is 460 g/mol. The maximum Gasteiger partial charge on any atom is 0.348 e. The first kappa shape index (κ1) is 21.8. The van der Waals surface area contributed by atoms with Gasteiger partial charge in [-0.2, -0.15) is 0 Å². The maximum atomic E-state index is 12.8. The molecule has 1 aromatic carbocycles. The van der Waals surface area contributed by atoms with Crippen molar-refractivity contribution in [3.8, 4) is 0 Å². The Hall–Kier alpha value is -2.42. The average Bonchev–Trinajstić information content (AvgIpc) is 3.11. The lowest BCUT2D eigenvalue weighted by Gasteiger charge is -2.39. The van der Waals surface area contributed by atoms with Crippen molar-refractivity contribution in [1.29, 1.82) is 0 Å². The van der Waals surface area contributed by atoms with Crippen molar-refractivity contribution in [2.75, 3.05) is 37.7 Å². The Bertz CT molecular complexity index is 1170. The number of ether oxygens (including phenoxy) is 1. The molecule has 31 heavy (non-hydrogen) atoms. The number of esters is 1. The predicted octanol–water partition coefficient (Wildman–Crippen LogP) is 4.01. The summed E-state index contributed by atoms with van der Waals surface area (Å²) in [5.74, 6) is 0.202. The fourth-order valence-electron chi connectivity index (χ4n) is 3.98. The summed E-state index contributed by atoms with van der Waals surface area (Å²) in [6.45, 7) is 9.19. The summed E-state index contributed by atoms with van der Waals surface area (Å²) in [5, 5.41) is 1.22. The highest BCUT2D eigenvalue weighted by Crippen LogP contribution is 2.30. The molecule has 1 N–H and O–H groups in total. The fraction of sp³-hybridized carbons (Fsp3) is 0.409. The highest BCUT2D eigenvalue weighted by atomic mass is 35.5. The largest absolute Gasteiger partial charge is 0.462 e. The number of nitrogens with zero attached hydrogens (tertiary/aromatic N) is 3. The van der Waals surface area contributed by atoms with Crippen LogP contribution in [0, 0.1) is 6.92 Å². The van der Waals surface area contributed by atoms with Gasteiger partial charge in [-0.05, 0) is 38.5 Å². The molecule has 0 saturated carbocycles. The van der Waals surface area contributed by atoms with E-state index in [-0.39, 0.29) is 11.6 Å². The summed E-state index contributed by atoms with van der Waals surface area (Å²) < 4.78 is 5.12. The molecule has 0 radical (unpaired) electrons. The van der Waals surface area contributed by atoms with Gasteiger partial charge in [0.05, 0.1) is 28.7 Å².